The molecule has 0 aliphatic heterocycles. The van der Waals surface area contributed by atoms with E-state index < -0.39 is 0 Å². The van der Waals surface area contributed by atoms with Crippen molar-refractivity contribution in [3.05, 3.63) is 45.4 Å². The Morgan fingerprint density at radius 3 is 2.89 bits per heavy atom. The average Bonchev–Trinajstić information content (AvgIpc) is 2.77. The molecule has 2 rings (SSSR count). The topological polar surface area (TPSA) is 48.7 Å². The highest BCUT2D eigenvalue weighted by molar-refractivity contribution is 7.09. The molecule has 0 bridgehead atoms. The van der Waals surface area contributed by atoms with E-state index in [9.17, 15) is 0 Å². The molecule has 0 spiro atoms. The van der Waals surface area contributed by atoms with Gasteiger partial charge in [-0.1, -0.05) is 6.07 Å². The second kappa shape index (κ2) is 5.65. The van der Waals surface area contributed by atoms with Crippen LogP contribution in [-0.2, 0) is 6.42 Å². The minimum absolute atomic E-state index is 0.699. The second-order valence-electron chi connectivity index (χ2n) is 4.22. The zero-order chi connectivity index (χ0) is 13.0. The molecule has 2 aromatic rings. The minimum atomic E-state index is 0.699. The first kappa shape index (κ1) is 12.6. The highest BCUT2D eigenvalue weighted by Gasteiger charge is 2.02. The van der Waals surface area contributed by atoms with E-state index in [1.165, 1.54) is 0 Å². The van der Waals surface area contributed by atoms with Gasteiger partial charge >= 0.3 is 0 Å². The number of nitrogens with one attached hydrogen (secondary N) is 1. The van der Waals surface area contributed by atoms with E-state index in [1.54, 1.807) is 11.3 Å². The summed E-state index contributed by atoms with van der Waals surface area (Å²) in [4.78, 5) is 4.41. The molecule has 0 amide bonds. The van der Waals surface area contributed by atoms with Crippen LogP contribution in [0, 0.1) is 25.2 Å². The van der Waals surface area contributed by atoms with Crippen LogP contribution in [0.2, 0.25) is 0 Å². The van der Waals surface area contributed by atoms with Gasteiger partial charge in [-0.25, -0.2) is 4.98 Å². The molecule has 1 aromatic carbocycles. The van der Waals surface area contributed by atoms with E-state index in [-0.39, 0.29) is 0 Å². The number of thiazole rings is 1. The Kier molecular flexibility index (Phi) is 3.96. The van der Waals surface area contributed by atoms with Gasteiger partial charge in [0.1, 0.15) is 6.07 Å². The maximum absolute atomic E-state index is 9.06. The van der Waals surface area contributed by atoms with Crippen LogP contribution in [0.5, 0.6) is 0 Å². The Balaban J connectivity index is 1.96. The summed E-state index contributed by atoms with van der Waals surface area (Å²) in [5.41, 5.74) is 3.78. The molecule has 92 valence electrons. The summed E-state index contributed by atoms with van der Waals surface area (Å²) in [5.74, 6) is 0. The molecule has 0 aliphatic rings. The Bertz CT molecular complexity index is 581. The number of anilines is 1. The van der Waals surface area contributed by atoms with Crippen molar-refractivity contribution in [2.75, 3.05) is 11.9 Å². The number of nitriles is 1. The highest BCUT2D eigenvalue weighted by atomic mass is 32.1. The highest BCUT2D eigenvalue weighted by Crippen LogP contribution is 2.16. The van der Waals surface area contributed by atoms with Gasteiger partial charge in [-0.15, -0.1) is 11.3 Å². The molecule has 3 nitrogen and oxygen atoms in total. The summed E-state index contributed by atoms with van der Waals surface area (Å²) < 4.78 is 0. The van der Waals surface area contributed by atoms with E-state index in [4.69, 9.17) is 5.26 Å². The normalized spacial score (nSPS) is 10.1. The lowest BCUT2D eigenvalue weighted by molar-refractivity contribution is 0.986. The Hall–Kier alpha value is -1.86. The first-order valence-electron chi connectivity index (χ1n) is 5.84. The summed E-state index contributed by atoms with van der Waals surface area (Å²) in [6, 6.07) is 8.08. The van der Waals surface area contributed by atoms with Crippen molar-refractivity contribution in [2.45, 2.75) is 20.3 Å². The van der Waals surface area contributed by atoms with E-state index in [0.29, 0.717) is 5.56 Å². The number of hydrogen-bond donors (Lipinski definition) is 1. The van der Waals surface area contributed by atoms with Crippen LogP contribution in [0.1, 0.15) is 21.8 Å². The number of benzene rings is 1. The van der Waals surface area contributed by atoms with Crippen LogP contribution < -0.4 is 5.32 Å². The van der Waals surface area contributed by atoms with Gasteiger partial charge in [0.15, 0.2) is 0 Å². The van der Waals surface area contributed by atoms with Crippen LogP contribution in [0.3, 0.4) is 0 Å². The Labute approximate surface area is 111 Å². The Morgan fingerprint density at radius 2 is 2.22 bits per heavy atom. The maximum atomic E-state index is 9.06. The molecule has 0 unspecified atom stereocenters. The third kappa shape index (κ3) is 3.08. The lowest BCUT2D eigenvalue weighted by Crippen LogP contribution is -2.06. The van der Waals surface area contributed by atoms with Crippen molar-refractivity contribution < 1.29 is 0 Å². The smallest absolute Gasteiger partial charge is 0.101 e. The first-order chi connectivity index (χ1) is 8.69. The maximum Gasteiger partial charge on any atom is 0.101 e. The molecule has 0 saturated heterocycles. The minimum Gasteiger partial charge on any atom is -0.384 e. The van der Waals surface area contributed by atoms with Crippen LogP contribution in [0.25, 0.3) is 0 Å². The third-order valence-electron chi connectivity index (χ3n) is 2.62. The number of hydrogen-bond acceptors (Lipinski definition) is 4. The Morgan fingerprint density at radius 1 is 1.39 bits per heavy atom. The van der Waals surface area contributed by atoms with Crippen LogP contribution >= 0.6 is 11.3 Å². The van der Waals surface area contributed by atoms with Crippen LogP contribution in [0.15, 0.2) is 23.6 Å². The zero-order valence-corrected chi connectivity index (χ0v) is 11.3. The van der Waals surface area contributed by atoms with E-state index in [0.717, 1.165) is 34.9 Å². The van der Waals surface area contributed by atoms with Crippen molar-refractivity contribution in [1.82, 2.24) is 4.98 Å². The summed E-state index contributed by atoms with van der Waals surface area (Å²) in [7, 11) is 0. The van der Waals surface area contributed by atoms with Crippen molar-refractivity contribution in [2.24, 2.45) is 0 Å². The van der Waals surface area contributed by atoms with Crippen molar-refractivity contribution in [1.29, 1.82) is 5.26 Å². The largest absolute Gasteiger partial charge is 0.384 e. The molecule has 0 fully saturated rings. The van der Waals surface area contributed by atoms with Gasteiger partial charge in [0.25, 0.3) is 0 Å². The molecule has 0 saturated carbocycles. The van der Waals surface area contributed by atoms with Gasteiger partial charge in [0.2, 0.25) is 0 Å². The number of rotatable bonds is 4. The fourth-order valence-corrected chi connectivity index (χ4v) is 2.50. The predicted octanol–water partition coefficient (Wildman–Crippen LogP) is 3.29. The molecular formula is C14H15N3S. The fourth-order valence-electron chi connectivity index (χ4n) is 1.73. The quantitative estimate of drug-likeness (QED) is 0.914. The molecule has 0 atom stereocenters. The van der Waals surface area contributed by atoms with Crippen LogP contribution in [-0.4, -0.2) is 11.5 Å². The monoisotopic (exact) mass is 257 g/mol. The van der Waals surface area contributed by atoms with Crippen molar-refractivity contribution >= 4 is 17.0 Å². The van der Waals surface area contributed by atoms with Gasteiger partial charge in [-0.05, 0) is 31.5 Å². The second-order valence-corrected chi connectivity index (χ2v) is 5.16. The van der Waals surface area contributed by atoms with Gasteiger partial charge in [0, 0.05) is 24.0 Å². The van der Waals surface area contributed by atoms with Gasteiger partial charge in [-0.2, -0.15) is 5.26 Å². The van der Waals surface area contributed by atoms with E-state index >= 15 is 0 Å². The van der Waals surface area contributed by atoms with Gasteiger partial charge in [0.05, 0.1) is 16.3 Å². The molecule has 0 radical (unpaired) electrons. The summed E-state index contributed by atoms with van der Waals surface area (Å²) >= 11 is 1.68. The summed E-state index contributed by atoms with van der Waals surface area (Å²) in [5, 5.41) is 15.5. The molecule has 0 aliphatic carbocycles. The third-order valence-corrected chi connectivity index (χ3v) is 3.64. The van der Waals surface area contributed by atoms with Crippen molar-refractivity contribution in [3.8, 4) is 6.07 Å². The molecule has 1 N–H and O–H groups in total. The van der Waals surface area contributed by atoms with E-state index in [1.807, 2.05) is 32.0 Å². The fraction of sp³-hybridized carbons (Fsp3) is 0.286. The SMILES string of the molecule is Cc1ccc(NCCc2nc(C)cs2)c(C#N)c1. The van der Waals surface area contributed by atoms with Gasteiger partial charge < -0.3 is 5.32 Å². The van der Waals surface area contributed by atoms with Gasteiger partial charge in [-0.3, -0.25) is 0 Å². The number of aryl methyl sites for hydroxylation is 2. The molecule has 4 heteroatoms. The molecule has 1 aromatic heterocycles. The van der Waals surface area contributed by atoms with E-state index in [2.05, 4.69) is 21.8 Å². The number of nitrogens with zero attached hydrogens (tertiary/aromatic N) is 2. The average molecular weight is 257 g/mol. The summed E-state index contributed by atoms with van der Waals surface area (Å²) in [6.07, 6.45) is 0.886. The lowest BCUT2D eigenvalue weighted by atomic mass is 10.1. The molecule has 1 heterocycles. The zero-order valence-electron chi connectivity index (χ0n) is 10.5. The molecular weight excluding hydrogens is 242 g/mol. The standard InChI is InChI=1S/C14H15N3S/c1-10-3-4-13(12(7-10)8-15)16-6-5-14-17-11(2)9-18-14/h3-4,7,9,16H,5-6H2,1-2H3. The predicted molar refractivity (Wildman–Crippen MR) is 74.9 cm³/mol. The lowest BCUT2D eigenvalue weighted by Gasteiger charge is -2.07. The summed E-state index contributed by atoms with van der Waals surface area (Å²) in [6.45, 7) is 4.79. The number of aromatic nitrogens is 1. The molecule has 18 heavy (non-hydrogen) atoms. The first-order valence-corrected chi connectivity index (χ1v) is 6.72. The van der Waals surface area contributed by atoms with Crippen molar-refractivity contribution in [3.63, 3.8) is 0 Å². The van der Waals surface area contributed by atoms with Crippen LogP contribution in [0.4, 0.5) is 5.69 Å².